The van der Waals surface area contributed by atoms with E-state index in [1.165, 1.54) is 0 Å². The van der Waals surface area contributed by atoms with Gasteiger partial charge in [0.1, 0.15) is 6.04 Å². The predicted octanol–water partition coefficient (Wildman–Crippen LogP) is 4.18. The van der Waals surface area contributed by atoms with Gasteiger partial charge < -0.3 is 0 Å². The fourth-order valence-corrected chi connectivity index (χ4v) is 2.01. The van der Waals surface area contributed by atoms with Crippen LogP contribution in [0.4, 0.5) is 0 Å². The number of pyridine rings is 1. The number of nitrogens with zero attached hydrogens (tertiary/aromatic N) is 2. The van der Waals surface area contributed by atoms with Gasteiger partial charge in [-0.1, -0.05) is 36.4 Å². The highest BCUT2D eigenvalue weighted by Gasteiger charge is 2.07. The zero-order chi connectivity index (χ0) is 13.0. The molecular formula is C15H16N2O. The lowest BCUT2D eigenvalue weighted by atomic mass is 10.0. The fraction of sp³-hybridized carbons (Fsp3) is 0.267. The maximum Gasteiger partial charge on any atom is 0.113 e. The third-order valence-corrected chi connectivity index (χ3v) is 3.05. The Morgan fingerprint density at radius 1 is 1.44 bits per heavy atom. The normalized spacial score (nSPS) is 13.6. The van der Waals surface area contributed by atoms with E-state index in [4.69, 9.17) is 0 Å². The van der Waals surface area contributed by atoms with E-state index in [9.17, 15) is 4.91 Å². The summed E-state index contributed by atoms with van der Waals surface area (Å²) in [7, 11) is 0. The first-order valence-corrected chi connectivity index (χ1v) is 6.10. The van der Waals surface area contributed by atoms with Crippen molar-refractivity contribution in [2.75, 3.05) is 0 Å². The summed E-state index contributed by atoms with van der Waals surface area (Å²) in [6.45, 7) is 3.90. The Bertz CT molecular complexity index is 590. The Morgan fingerprint density at radius 2 is 2.22 bits per heavy atom. The molecule has 0 saturated heterocycles. The van der Waals surface area contributed by atoms with Crippen LogP contribution in [-0.4, -0.2) is 11.0 Å². The van der Waals surface area contributed by atoms with Gasteiger partial charge in [-0.2, -0.15) is 4.91 Å². The van der Waals surface area contributed by atoms with Crippen LogP contribution in [0.2, 0.25) is 0 Å². The number of hydrogen-bond donors (Lipinski definition) is 0. The third kappa shape index (κ3) is 2.62. The minimum absolute atomic E-state index is 0.239. The van der Waals surface area contributed by atoms with Gasteiger partial charge >= 0.3 is 0 Å². The Hall–Kier alpha value is -2.03. The molecule has 2 rings (SSSR count). The molecule has 0 bridgehead atoms. The van der Waals surface area contributed by atoms with Gasteiger partial charge in [0.15, 0.2) is 0 Å². The molecule has 3 nitrogen and oxygen atoms in total. The van der Waals surface area contributed by atoms with Gasteiger partial charge in [-0.05, 0) is 36.6 Å². The van der Waals surface area contributed by atoms with Crippen LogP contribution in [-0.2, 0) is 0 Å². The molecule has 1 unspecified atom stereocenters. The molecule has 2 aromatic rings. The predicted molar refractivity (Wildman–Crippen MR) is 75.3 cm³/mol. The summed E-state index contributed by atoms with van der Waals surface area (Å²) in [4.78, 5) is 15.1. The second kappa shape index (κ2) is 5.54. The van der Waals surface area contributed by atoms with Crippen molar-refractivity contribution in [1.82, 2.24) is 4.98 Å². The summed E-state index contributed by atoms with van der Waals surface area (Å²) in [5.74, 6) is 0. The smallest absolute Gasteiger partial charge is 0.113 e. The van der Waals surface area contributed by atoms with E-state index in [0.717, 1.165) is 28.5 Å². The number of fused-ring (bicyclic) bond motifs is 1. The molecule has 0 radical (unpaired) electrons. The molecule has 0 N–H and O–H groups in total. The van der Waals surface area contributed by atoms with Gasteiger partial charge in [0.05, 0.1) is 5.52 Å². The molecule has 0 aliphatic rings. The molecule has 0 spiro atoms. The topological polar surface area (TPSA) is 42.3 Å². The molecule has 1 atom stereocenters. The van der Waals surface area contributed by atoms with Gasteiger partial charge in [0, 0.05) is 11.6 Å². The highest BCUT2D eigenvalue weighted by molar-refractivity contribution is 5.80. The summed E-state index contributed by atoms with van der Waals surface area (Å²) in [6.07, 6.45) is 4.53. The van der Waals surface area contributed by atoms with Crippen LogP contribution >= 0.6 is 0 Å². The van der Waals surface area contributed by atoms with Crippen molar-refractivity contribution in [1.29, 1.82) is 0 Å². The zero-order valence-electron chi connectivity index (χ0n) is 10.6. The lowest BCUT2D eigenvalue weighted by Gasteiger charge is -2.06. The van der Waals surface area contributed by atoms with Gasteiger partial charge in [-0.3, -0.25) is 4.98 Å². The minimum Gasteiger partial charge on any atom is -0.256 e. The number of benzene rings is 1. The molecule has 1 aromatic heterocycles. The number of para-hydroxylation sites is 1. The molecule has 92 valence electrons. The Labute approximate surface area is 107 Å². The van der Waals surface area contributed by atoms with Gasteiger partial charge in [0.25, 0.3) is 0 Å². The van der Waals surface area contributed by atoms with Crippen molar-refractivity contribution in [3.8, 4) is 0 Å². The van der Waals surface area contributed by atoms with E-state index in [1.54, 1.807) is 0 Å². The fourth-order valence-electron chi connectivity index (χ4n) is 2.01. The van der Waals surface area contributed by atoms with Crippen LogP contribution in [0, 0.1) is 4.91 Å². The van der Waals surface area contributed by atoms with Crippen molar-refractivity contribution in [2.45, 2.75) is 26.3 Å². The van der Waals surface area contributed by atoms with Crippen molar-refractivity contribution in [3.63, 3.8) is 0 Å². The van der Waals surface area contributed by atoms with Crippen molar-refractivity contribution in [2.24, 2.45) is 5.18 Å². The minimum atomic E-state index is -0.239. The lowest BCUT2D eigenvalue weighted by Crippen LogP contribution is -2.02. The van der Waals surface area contributed by atoms with E-state index >= 15 is 0 Å². The van der Waals surface area contributed by atoms with Gasteiger partial charge in [-0.15, -0.1) is 0 Å². The number of rotatable bonds is 4. The van der Waals surface area contributed by atoms with Crippen LogP contribution in [0.3, 0.4) is 0 Å². The third-order valence-electron chi connectivity index (χ3n) is 3.05. The first kappa shape index (κ1) is 12.4. The molecule has 1 aromatic carbocycles. The molecule has 1 heterocycles. The summed E-state index contributed by atoms with van der Waals surface area (Å²) in [5.41, 5.74) is 2.96. The van der Waals surface area contributed by atoms with E-state index in [-0.39, 0.29) is 6.04 Å². The van der Waals surface area contributed by atoms with E-state index in [1.807, 2.05) is 50.4 Å². The highest BCUT2D eigenvalue weighted by Crippen LogP contribution is 2.17. The highest BCUT2D eigenvalue weighted by atomic mass is 16.3. The maximum atomic E-state index is 10.7. The number of nitroso groups, excluding NO2 is 1. The molecule has 3 heteroatoms. The quantitative estimate of drug-likeness (QED) is 0.752. The molecule has 18 heavy (non-hydrogen) atoms. The van der Waals surface area contributed by atoms with Crippen LogP contribution in [0.15, 0.2) is 47.3 Å². The Balaban J connectivity index is 2.36. The summed E-state index contributed by atoms with van der Waals surface area (Å²) in [5, 5.41) is 4.23. The molecule has 0 saturated carbocycles. The van der Waals surface area contributed by atoms with Crippen LogP contribution in [0.5, 0.6) is 0 Å². The van der Waals surface area contributed by atoms with Crippen molar-refractivity contribution >= 4 is 17.0 Å². The maximum absolute atomic E-state index is 10.7. The van der Waals surface area contributed by atoms with Gasteiger partial charge in [0.2, 0.25) is 0 Å². The summed E-state index contributed by atoms with van der Waals surface area (Å²) >= 11 is 0. The average molecular weight is 240 g/mol. The Kier molecular flexibility index (Phi) is 3.82. The molecule has 0 aliphatic carbocycles. The van der Waals surface area contributed by atoms with Crippen LogP contribution < -0.4 is 0 Å². The molecular weight excluding hydrogens is 224 g/mol. The van der Waals surface area contributed by atoms with Crippen LogP contribution in [0.25, 0.3) is 17.0 Å². The first-order valence-electron chi connectivity index (χ1n) is 6.10. The number of aromatic nitrogens is 1. The second-order valence-corrected chi connectivity index (χ2v) is 4.38. The molecule has 0 aliphatic heterocycles. The van der Waals surface area contributed by atoms with E-state index in [0.29, 0.717) is 0 Å². The Morgan fingerprint density at radius 3 is 2.94 bits per heavy atom. The van der Waals surface area contributed by atoms with E-state index in [2.05, 4.69) is 16.2 Å². The standard InChI is InChI=1S/C15H16N2O/c1-3-14(17-18)11(2)8-12-9-13-6-4-5-7-15(13)16-10-12/h4-10,14H,3H2,1-2H3/b11-8+. The summed E-state index contributed by atoms with van der Waals surface area (Å²) in [6, 6.07) is 9.81. The van der Waals surface area contributed by atoms with Crippen LogP contribution in [0.1, 0.15) is 25.8 Å². The van der Waals surface area contributed by atoms with Crippen molar-refractivity contribution < 1.29 is 0 Å². The van der Waals surface area contributed by atoms with E-state index < -0.39 is 0 Å². The number of hydrogen-bond acceptors (Lipinski definition) is 3. The largest absolute Gasteiger partial charge is 0.256 e. The summed E-state index contributed by atoms with van der Waals surface area (Å²) < 4.78 is 0. The second-order valence-electron chi connectivity index (χ2n) is 4.38. The average Bonchev–Trinajstić information content (AvgIpc) is 2.40. The lowest BCUT2D eigenvalue weighted by molar-refractivity contribution is 0.740. The molecule has 0 fully saturated rings. The monoisotopic (exact) mass is 240 g/mol. The first-order chi connectivity index (χ1) is 8.74. The molecule has 0 amide bonds. The van der Waals surface area contributed by atoms with Crippen molar-refractivity contribution in [3.05, 3.63) is 52.6 Å². The SMILES string of the molecule is CCC(N=O)/C(C)=C/c1cnc2ccccc2c1. The van der Waals surface area contributed by atoms with Gasteiger partial charge in [-0.25, -0.2) is 0 Å². The zero-order valence-corrected chi connectivity index (χ0v) is 10.6.